The molecule has 11 atom stereocenters. The first-order chi connectivity index (χ1) is 18.5. The number of ether oxygens (including phenoxy) is 3. The fraction of sp³-hybridized carbons (Fsp3) is 0.929. The molecule has 2 heterocycles. The number of fused-ring (bicyclic) bond motifs is 4. The number of carbonyl (C=O) groups is 2. The van der Waals surface area contributed by atoms with E-state index in [2.05, 4.69) is 21.0 Å². The zero-order valence-corrected chi connectivity index (χ0v) is 23.5. The van der Waals surface area contributed by atoms with Crippen molar-refractivity contribution in [3.63, 3.8) is 0 Å². The van der Waals surface area contributed by atoms with Crippen molar-refractivity contribution in [3.05, 3.63) is 0 Å². The molecule has 0 bridgehead atoms. The van der Waals surface area contributed by atoms with Crippen molar-refractivity contribution in [1.29, 1.82) is 0 Å². The summed E-state index contributed by atoms with van der Waals surface area (Å²) >= 11 is 0. The van der Waals surface area contributed by atoms with Crippen LogP contribution < -0.4 is 16.0 Å². The Balaban J connectivity index is 1.40. The number of nitrogens with one attached hydrogen (secondary N) is 3. The summed E-state index contributed by atoms with van der Waals surface area (Å²) in [4.78, 5) is 31.4. The molecule has 2 saturated heterocycles. The second-order valence-electron chi connectivity index (χ2n) is 11.5. The third-order valence-electron chi connectivity index (χ3n) is 9.23. The maximum Gasteiger partial charge on any atom is 0.220 e. The molecular formula is C28H48N4O6. The zero-order valence-electron chi connectivity index (χ0n) is 23.5. The van der Waals surface area contributed by atoms with Crippen molar-refractivity contribution < 1.29 is 28.6 Å². The van der Waals surface area contributed by atoms with E-state index in [9.17, 15) is 9.59 Å². The van der Waals surface area contributed by atoms with Crippen molar-refractivity contribution in [1.82, 2.24) is 21.0 Å². The molecule has 5 fully saturated rings. The van der Waals surface area contributed by atoms with Gasteiger partial charge in [0, 0.05) is 38.0 Å². The molecule has 2 amide bonds. The molecule has 0 aromatic carbocycles. The molecule has 3 aliphatic carbocycles. The lowest BCUT2D eigenvalue weighted by Crippen LogP contribution is -2.78. The number of morpholine rings is 2. The molecule has 38 heavy (non-hydrogen) atoms. The fourth-order valence-electron chi connectivity index (χ4n) is 7.56. The summed E-state index contributed by atoms with van der Waals surface area (Å²) in [6.45, 7) is 8.94. The topological polar surface area (TPSA) is 110 Å². The summed E-state index contributed by atoms with van der Waals surface area (Å²) < 4.78 is 19.8. The maximum absolute atomic E-state index is 12.8. The van der Waals surface area contributed by atoms with Crippen LogP contribution in [0.4, 0.5) is 0 Å². The Labute approximate surface area is 227 Å². The predicted molar refractivity (Wildman–Crippen MR) is 141 cm³/mol. The van der Waals surface area contributed by atoms with Gasteiger partial charge < -0.3 is 30.2 Å². The van der Waals surface area contributed by atoms with Crippen molar-refractivity contribution in [2.24, 2.45) is 0 Å². The Morgan fingerprint density at radius 2 is 1.63 bits per heavy atom. The minimum atomic E-state index is -0.253. The fourth-order valence-corrected chi connectivity index (χ4v) is 7.56. The van der Waals surface area contributed by atoms with E-state index in [0.29, 0.717) is 32.5 Å². The summed E-state index contributed by atoms with van der Waals surface area (Å²) in [5, 5.41) is 12.6. The molecule has 0 aromatic rings. The highest BCUT2D eigenvalue weighted by molar-refractivity contribution is 5.76. The van der Waals surface area contributed by atoms with Crippen LogP contribution in [0.2, 0.25) is 0 Å². The van der Waals surface area contributed by atoms with Gasteiger partial charge in [-0.25, -0.2) is 0 Å². The van der Waals surface area contributed by atoms with Crippen LogP contribution in [0.1, 0.15) is 85.5 Å². The number of hydrogen-bond acceptors (Lipinski definition) is 8. The van der Waals surface area contributed by atoms with E-state index in [0.717, 1.165) is 25.7 Å². The van der Waals surface area contributed by atoms with E-state index in [1.54, 1.807) is 0 Å². The van der Waals surface area contributed by atoms with Gasteiger partial charge in [0.1, 0.15) is 0 Å². The molecule has 5 aliphatic rings. The van der Waals surface area contributed by atoms with Crippen molar-refractivity contribution in [2.45, 2.75) is 152 Å². The first kappa shape index (κ1) is 28.2. The van der Waals surface area contributed by atoms with Crippen LogP contribution in [0.15, 0.2) is 0 Å². The smallest absolute Gasteiger partial charge is 0.220 e. The number of carbonyl (C=O) groups excluding carboxylic acids is 2. The predicted octanol–water partition coefficient (Wildman–Crippen LogP) is 1.80. The highest BCUT2D eigenvalue weighted by atomic mass is 16.7. The average Bonchev–Trinajstić information content (AvgIpc) is 2.92. The van der Waals surface area contributed by atoms with E-state index in [1.807, 2.05) is 27.7 Å². The first-order valence-electron chi connectivity index (χ1n) is 15.2. The molecule has 3 saturated carbocycles. The number of hydrogen-bond donors (Lipinski definition) is 3. The Morgan fingerprint density at radius 1 is 0.868 bits per heavy atom. The lowest BCUT2D eigenvalue weighted by atomic mass is 9.75. The standard InChI is InChI=1S/C28H48N4O6/c1-5-24(33)30-16-13-17-22(15-21(16)35-7-3)38-28-18(29-17)14-23-27(26(28)31-25(34)6-2)32(36-8-4)19-11-9-10-12-20(19)37-23/h16-23,26-29H,5-15H2,1-4H3,(H,30,33)(H,31,34). The third-order valence-corrected chi connectivity index (χ3v) is 9.23. The van der Waals surface area contributed by atoms with E-state index in [-0.39, 0.29) is 78.6 Å². The molecule has 10 heteroatoms. The molecule has 10 nitrogen and oxygen atoms in total. The molecule has 216 valence electrons. The number of rotatable bonds is 8. The van der Waals surface area contributed by atoms with Gasteiger partial charge in [0.2, 0.25) is 11.8 Å². The van der Waals surface area contributed by atoms with Gasteiger partial charge in [0.15, 0.2) is 0 Å². The van der Waals surface area contributed by atoms with Crippen LogP contribution in [0.3, 0.4) is 0 Å². The van der Waals surface area contributed by atoms with Crippen molar-refractivity contribution in [3.8, 4) is 0 Å². The van der Waals surface area contributed by atoms with Crippen LogP contribution in [0.25, 0.3) is 0 Å². The average molecular weight is 537 g/mol. The van der Waals surface area contributed by atoms with Crippen LogP contribution in [-0.2, 0) is 28.6 Å². The van der Waals surface area contributed by atoms with Crippen LogP contribution in [0.5, 0.6) is 0 Å². The number of hydroxylamine groups is 2. The molecule has 5 rings (SSSR count). The van der Waals surface area contributed by atoms with E-state index >= 15 is 0 Å². The Morgan fingerprint density at radius 3 is 2.37 bits per heavy atom. The molecule has 2 aliphatic heterocycles. The SMILES string of the molecule is CCOC1CC2OC3C(CC4OC5CCCCC5N(OCC)C4C3NC(=O)CC)NC2CC1NC(=O)CC. The van der Waals surface area contributed by atoms with E-state index < -0.39 is 0 Å². The molecule has 0 spiro atoms. The monoisotopic (exact) mass is 536 g/mol. The first-order valence-corrected chi connectivity index (χ1v) is 15.2. The molecule has 0 radical (unpaired) electrons. The summed E-state index contributed by atoms with van der Waals surface area (Å²) in [5.74, 6) is 0.0600. The second kappa shape index (κ2) is 12.5. The van der Waals surface area contributed by atoms with Gasteiger partial charge in [0.25, 0.3) is 0 Å². The number of nitrogens with zero attached hydrogens (tertiary/aromatic N) is 1. The Hall–Kier alpha value is -1.30. The van der Waals surface area contributed by atoms with Gasteiger partial charge in [0.05, 0.1) is 61.3 Å². The second-order valence-corrected chi connectivity index (χ2v) is 11.5. The lowest BCUT2D eigenvalue weighted by molar-refractivity contribution is -0.320. The molecule has 3 N–H and O–H groups in total. The van der Waals surface area contributed by atoms with Crippen molar-refractivity contribution >= 4 is 11.8 Å². The van der Waals surface area contributed by atoms with Gasteiger partial charge in [-0.3, -0.25) is 14.4 Å². The van der Waals surface area contributed by atoms with E-state index in [4.69, 9.17) is 19.0 Å². The van der Waals surface area contributed by atoms with Crippen LogP contribution in [0, 0.1) is 0 Å². The van der Waals surface area contributed by atoms with Crippen LogP contribution >= 0.6 is 0 Å². The normalized spacial score (nSPS) is 42.7. The highest BCUT2D eigenvalue weighted by Gasteiger charge is 2.58. The van der Waals surface area contributed by atoms with Crippen LogP contribution in [-0.4, -0.2) is 96.9 Å². The van der Waals surface area contributed by atoms with Crippen molar-refractivity contribution in [2.75, 3.05) is 13.2 Å². The summed E-state index contributed by atoms with van der Waals surface area (Å²) in [6.07, 6.45) is 7.27. The summed E-state index contributed by atoms with van der Waals surface area (Å²) in [7, 11) is 0. The van der Waals surface area contributed by atoms with Gasteiger partial charge in [-0.2, -0.15) is 5.06 Å². The lowest BCUT2D eigenvalue weighted by Gasteiger charge is -2.60. The Bertz CT molecular complexity index is 831. The quantitative estimate of drug-likeness (QED) is 0.431. The van der Waals surface area contributed by atoms with Gasteiger partial charge >= 0.3 is 0 Å². The van der Waals surface area contributed by atoms with Gasteiger partial charge in [-0.15, -0.1) is 0 Å². The number of amides is 2. The summed E-state index contributed by atoms with van der Waals surface area (Å²) in [6, 6.07) is -0.0700. The van der Waals surface area contributed by atoms with Gasteiger partial charge in [-0.05, 0) is 39.5 Å². The minimum absolute atomic E-state index is 0.0144. The third kappa shape index (κ3) is 5.63. The highest BCUT2D eigenvalue weighted by Crippen LogP contribution is 2.42. The maximum atomic E-state index is 12.8. The summed E-state index contributed by atoms with van der Waals surface area (Å²) in [5.41, 5.74) is 0. The van der Waals surface area contributed by atoms with E-state index in [1.165, 1.54) is 12.8 Å². The Kier molecular flexibility index (Phi) is 9.27. The molecular weight excluding hydrogens is 488 g/mol. The molecule has 0 aromatic heterocycles. The molecule has 11 unspecified atom stereocenters. The zero-order chi connectivity index (χ0) is 26.8. The largest absolute Gasteiger partial charge is 0.376 e. The van der Waals surface area contributed by atoms with Gasteiger partial charge in [-0.1, -0.05) is 26.7 Å². The minimum Gasteiger partial charge on any atom is -0.376 e.